The van der Waals surface area contributed by atoms with Crippen molar-refractivity contribution in [3.63, 3.8) is 0 Å². The molecular weight excluding hydrogens is 262 g/mol. The van der Waals surface area contributed by atoms with E-state index in [2.05, 4.69) is 34.9 Å². The molecule has 0 spiro atoms. The molecule has 1 aliphatic heterocycles. The summed E-state index contributed by atoms with van der Waals surface area (Å²) in [6.07, 6.45) is 8.39. The van der Waals surface area contributed by atoms with Gasteiger partial charge in [-0.15, -0.1) is 0 Å². The number of carbonyl (C=O) groups is 1. The highest BCUT2D eigenvalue weighted by molar-refractivity contribution is 5.82. The van der Waals surface area contributed by atoms with Crippen molar-refractivity contribution in [2.45, 2.75) is 25.7 Å². The predicted molar refractivity (Wildman–Crippen MR) is 81.8 cm³/mol. The van der Waals surface area contributed by atoms with Gasteiger partial charge in [0, 0.05) is 43.8 Å². The normalized spacial score (nSPS) is 19.6. The van der Waals surface area contributed by atoms with Crippen LogP contribution in [0.3, 0.4) is 0 Å². The lowest BCUT2D eigenvalue weighted by molar-refractivity contribution is -0.144. The van der Waals surface area contributed by atoms with Crippen molar-refractivity contribution < 1.29 is 4.79 Å². The van der Waals surface area contributed by atoms with Gasteiger partial charge in [-0.2, -0.15) is 0 Å². The average molecular weight is 283 g/mol. The monoisotopic (exact) mass is 283 g/mol. The zero-order valence-electron chi connectivity index (χ0n) is 12.5. The summed E-state index contributed by atoms with van der Waals surface area (Å²) in [5, 5.41) is 1.25. The summed E-state index contributed by atoms with van der Waals surface area (Å²) in [7, 11) is 2.07. The lowest BCUT2D eigenvalue weighted by atomic mass is 9.82. The Labute approximate surface area is 124 Å². The second-order valence-electron chi connectivity index (χ2n) is 6.56. The van der Waals surface area contributed by atoms with E-state index in [1.54, 1.807) is 0 Å². The summed E-state index contributed by atoms with van der Waals surface area (Å²) in [5.74, 6) is 1.30. The van der Waals surface area contributed by atoms with Gasteiger partial charge in [0.25, 0.3) is 0 Å². The molecule has 0 N–H and O–H groups in total. The summed E-state index contributed by atoms with van der Waals surface area (Å²) < 4.78 is 2.15. The first kappa shape index (κ1) is 12.9. The molecule has 2 aromatic rings. The molecule has 0 radical (unpaired) electrons. The van der Waals surface area contributed by atoms with Crippen molar-refractivity contribution in [3.8, 4) is 0 Å². The minimum Gasteiger partial charge on any atom is -0.349 e. The Morgan fingerprint density at radius 3 is 2.86 bits per heavy atom. The van der Waals surface area contributed by atoms with Crippen LogP contribution in [0.1, 0.15) is 25.0 Å². The number of fused-ring (bicyclic) bond motifs is 1. The number of amides is 1. The van der Waals surface area contributed by atoms with Crippen LogP contribution in [0.2, 0.25) is 0 Å². The highest BCUT2D eigenvalue weighted by atomic mass is 16.2. The molecule has 2 aromatic heterocycles. The summed E-state index contributed by atoms with van der Waals surface area (Å²) in [6, 6.07) is 4.19. The molecule has 0 atom stereocenters. The molecule has 4 heteroatoms. The number of carbonyl (C=O) groups excluding carboxylic acids is 1. The summed E-state index contributed by atoms with van der Waals surface area (Å²) in [4.78, 5) is 18.7. The van der Waals surface area contributed by atoms with Gasteiger partial charge in [0.1, 0.15) is 0 Å². The number of nitrogens with zero attached hydrogens (tertiary/aromatic N) is 3. The first-order valence-electron chi connectivity index (χ1n) is 7.90. The molecule has 0 bridgehead atoms. The topological polar surface area (TPSA) is 38.1 Å². The van der Waals surface area contributed by atoms with Gasteiger partial charge >= 0.3 is 0 Å². The van der Waals surface area contributed by atoms with Gasteiger partial charge < -0.3 is 9.47 Å². The quantitative estimate of drug-likeness (QED) is 0.867. The van der Waals surface area contributed by atoms with Gasteiger partial charge in [0.05, 0.1) is 11.2 Å². The number of aromatic nitrogens is 2. The van der Waals surface area contributed by atoms with Crippen molar-refractivity contribution >= 4 is 16.8 Å². The largest absolute Gasteiger partial charge is 0.349 e. The number of hydrogen-bond acceptors (Lipinski definition) is 2. The molecule has 3 heterocycles. The van der Waals surface area contributed by atoms with E-state index in [4.69, 9.17) is 0 Å². The minimum absolute atomic E-state index is 0.334. The zero-order chi connectivity index (χ0) is 14.4. The maximum Gasteiger partial charge on any atom is 0.225 e. The second-order valence-corrected chi connectivity index (χ2v) is 6.56. The van der Waals surface area contributed by atoms with E-state index in [1.165, 1.54) is 23.0 Å². The fourth-order valence-electron chi connectivity index (χ4n) is 3.54. The third-order valence-electron chi connectivity index (χ3n) is 5.07. The molecule has 110 valence electrons. The van der Waals surface area contributed by atoms with Crippen LogP contribution in [-0.2, 0) is 18.3 Å². The number of pyridine rings is 1. The molecule has 2 fully saturated rings. The number of hydrogen-bond donors (Lipinski definition) is 0. The molecule has 0 aromatic carbocycles. The lowest BCUT2D eigenvalue weighted by Crippen LogP contribution is -2.53. The SMILES string of the molecule is Cn1ccc2ccnc(CC3CN(C(=O)C4CCC4)C3)c21. The van der Waals surface area contributed by atoms with Crippen molar-refractivity contribution in [3.05, 3.63) is 30.2 Å². The third kappa shape index (κ3) is 2.13. The van der Waals surface area contributed by atoms with E-state index in [-0.39, 0.29) is 0 Å². The van der Waals surface area contributed by atoms with Crippen LogP contribution < -0.4 is 0 Å². The zero-order valence-corrected chi connectivity index (χ0v) is 12.5. The molecule has 4 nitrogen and oxygen atoms in total. The second kappa shape index (κ2) is 4.86. The van der Waals surface area contributed by atoms with E-state index in [0.29, 0.717) is 17.7 Å². The molecule has 2 aliphatic rings. The summed E-state index contributed by atoms with van der Waals surface area (Å²) >= 11 is 0. The standard InChI is InChI=1S/C17H21N3O/c1-19-8-6-13-5-7-18-15(16(13)19)9-12-10-20(11-12)17(21)14-3-2-4-14/h5-8,12,14H,2-4,9-11H2,1H3. The van der Waals surface area contributed by atoms with Gasteiger partial charge in [-0.05, 0) is 37.3 Å². The van der Waals surface area contributed by atoms with E-state index in [1.807, 2.05) is 11.1 Å². The van der Waals surface area contributed by atoms with Crippen LogP contribution >= 0.6 is 0 Å². The fraction of sp³-hybridized carbons (Fsp3) is 0.529. The maximum atomic E-state index is 12.1. The van der Waals surface area contributed by atoms with Gasteiger partial charge in [0.2, 0.25) is 5.91 Å². The molecule has 1 aliphatic carbocycles. The average Bonchev–Trinajstić information content (AvgIpc) is 2.74. The van der Waals surface area contributed by atoms with Crippen molar-refractivity contribution in [2.24, 2.45) is 18.9 Å². The molecule has 1 amide bonds. The first-order chi connectivity index (χ1) is 10.2. The van der Waals surface area contributed by atoms with Gasteiger partial charge in [-0.1, -0.05) is 6.42 Å². The van der Waals surface area contributed by atoms with E-state index in [0.717, 1.165) is 32.4 Å². The van der Waals surface area contributed by atoms with E-state index < -0.39 is 0 Å². The van der Waals surface area contributed by atoms with Crippen molar-refractivity contribution in [1.82, 2.24) is 14.5 Å². The highest BCUT2D eigenvalue weighted by Gasteiger charge is 2.36. The molecule has 0 unspecified atom stereocenters. The maximum absolute atomic E-state index is 12.1. The Balaban J connectivity index is 1.43. The van der Waals surface area contributed by atoms with Gasteiger partial charge in [-0.25, -0.2) is 0 Å². The predicted octanol–water partition coefficient (Wildman–Crippen LogP) is 2.37. The Morgan fingerprint density at radius 2 is 2.14 bits per heavy atom. The van der Waals surface area contributed by atoms with Gasteiger partial charge in [-0.3, -0.25) is 9.78 Å². The van der Waals surface area contributed by atoms with Crippen LogP contribution in [0.5, 0.6) is 0 Å². The van der Waals surface area contributed by atoms with Gasteiger partial charge in [0.15, 0.2) is 0 Å². The van der Waals surface area contributed by atoms with Crippen LogP contribution in [0.15, 0.2) is 24.5 Å². The highest BCUT2D eigenvalue weighted by Crippen LogP contribution is 2.32. The van der Waals surface area contributed by atoms with Crippen molar-refractivity contribution in [2.75, 3.05) is 13.1 Å². The number of likely N-dealkylation sites (tertiary alicyclic amines) is 1. The van der Waals surface area contributed by atoms with E-state index >= 15 is 0 Å². The van der Waals surface area contributed by atoms with Crippen LogP contribution in [0.4, 0.5) is 0 Å². The fourth-order valence-corrected chi connectivity index (χ4v) is 3.54. The summed E-state index contributed by atoms with van der Waals surface area (Å²) in [6.45, 7) is 1.83. The molecule has 4 rings (SSSR count). The Kier molecular flexibility index (Phi) is 2.98. The Hall–Kier alpha value is -1.84. The molecule has 1 saturated carbocycles. The van der Waals surface area contributed by atoms with E-state index in [9.17, 15) is 4.79 Å². The van der Waals surface area contributed by atoms with Crippen molar-refractivity contribution in [1.29, 1.82) is 0 Å². The molecular formula is C17H21N3O. The smallest absolute Gasteiger partial charge is 0.225 e. The third-order valence-corrected chi connectivity index (χ3v) is 5.07. The van der Waals surface area contributed by atoms with Crippen LogP contribution in [-0.4, -0.2) is 33.4 Å². The number of aryl methyl sites for hydroxylation is 1. The van der Waals surface area contributed by atoms with Crippen LogP contribution in [0.25, 0.3) is 10.9 Å². The summed E-state index contributed by atoms with van der Waals surface area (Å²) in [5.41, 5.74) is 2.40. The van der Waals surface area contributed by atoms with Crippen LogP contribution in [0, 0.1) is 11.8 Å². The Bertz CT molecular complexity index is 680. The minimum atomic E-state index is 0.334. The first-order valence-corrected chi connectivity index (χ1v) is 7.90. The Morgan fingerprint density at radius 1 is 1.33 bits per heavy atom. The molecule has 21 heavy (non-hydrogen) atoms. The lowest BCUT2D eigenvalue weighted by Gasteiger charge is -2.42. The number of rotatable bonds is 3. The molecule has 1 saturated heterocycles.